The normalized spacial score (nSPS) is 11.6. The molecule has 0 aromatic heterocycles. The van der Waals surface area contributed by atoms with E-state index in [9.17, 15) is 9.59 Å². The zero-order valence-corrected chi connectivity index (χ0v) is 39.6. The summed E-state index contributed by atoms with van der Waals surface area (Å²) in [4.78, 5) is 30.0. The van der Waals surface area contributed by atoms with Crippen molar-refractivity contribution >= 4 is 28.4 Å². The van der Waals surface area contributed by atoms with E-state index in [0.29, 0.717) is 171 Å². The highest BCUT2D eigenvalue weighted by molar-refractivity contribution is 6.84. The molecule has 23 heteroatoms. The van der Waals surface area contributed by atoms with Crippen molar-refractivity contribution in [3.8, 4) is 0 Å². The lowest BCUT2D eigenvalue weighted by Crippen LogP contribution is -2.44. The third kappa shape index (κ3) is 46.9. The predicted molar refractivity (Wildman–Crippen MR) is 236 cm³/mol. The van der Waals surface area contributed by atoms with Crippen molar-refractivity contribution in [3.05, 3.63) is 20.9 Å². The van der Waals surface area contributed by atoms with Crippen molar-refractivity contribution in [1.82, 2.24) is 10.6 Å². The summed E-state index contributed by atoms with van der Waals surface area (Å²) in [5, 5.41) is 12.7. The summed E-state index contributed by atoms with van der Waals surface area (Å²) in [5.74, 6) is 0.0241. The lowest BCUT2D eigenvalue weighted by Gasteiger charge is -2.34. The van der Waals surface area contributed by atoms with Gasteiger partial charge in [0.2, 0.25) is 11.8 Å². The maximum Gasteiger partial charge on any atom is 0.220 e. The number of carbonyl (C=O) groups is 2. The van der Waals surface area contributed by atoms with Crippen LogP contribution in [-0.2, 0) is 61.1 Å². The van der Waals surface area contributed by atoms with Crippen molar-refractivity contribution in [2.45, 2.75) is 76.8 Å². The van der Waals surface area contributed by atoms with E-state index in [2.05, 4.69) is 56.9 Å². The van der Waals surface area contributed by atoms with Gasteiger partial charge in [-0.25, -0.2) is 0 Å². The summed E-state index contributed by atoms with van der Waals surface area (Å²) < 4.78 is 61.2. The minimum atomic E-state index is -1.96. The summed E-state index contributed by atoms with van der Waals surface area (Å²) in [5.41, 5.74) is 16.4. The second-order valence-electron chi connectivity index (χ2n) is 14.8. The van der Waals surface area contributed by atoms with Crippen LogP contribution < -0.4 is 10.6 Å². The lowest BCUT2D eigenvalue weighted by molar-refractivity contribution is -0.122. The van der Waals surface area contributed by atoms with Crippen molar-refractivity contribution in [2.24, 2.45) is 10.2 Å². The van der Waals surface area contributed by atoms with Gasteiger partial charge >= 0.3 is 0 Å². The number of ether oxygens (including phenoxy) is 10. The van der Waals surface area contributed by atoms with Crippen molar-refractivity contribution in [1.29, 1.82) is 0 Å². The first-order valence-electron chi connectivity index (χ1n) is 21.6. The fourth-order valence-corrected chi connectivity index (χ4v) is 14.3. The number of azide groups is 2. The van der Waals surface area contributed by atoms with Crippen LogP contribution in [-0.4, -0.2) is 187 Å². The van der Waals surface area contributed by atoms with Crippen LogP contribution in [0.4, 0.5) is 0 Å². The average Bonchev–Trinajstić information content (AvgIpc) is 3.21. The van der Waals surface area contributed by atoms with Crippen molar-refractivity contribution in [2.75, 3.05) is 158 Å². The molecule has 0 bridgehead atoms. The van der Waals surface area contributed by atoms with Crippen LogP contribution in [0.5, 0.6) is 0 Å². The summed E-state index contributed by atoms with van der Waals surface area (Å²) in [6.45, 7) is 19.9. The van der Waals surface area contributed by atoms with Gasteiger partial charge in [0.05, 0.1) is 126 Å². The molecular formula is C38H78N8O13Si2. The third-order valence-electron chi connectivity index (χ3n) is 8.29. The fourth-order valence-electron chi connectivity index (χ4n) is 5.45. The quantitative estimate of drug-likeness (QED) is 0.0275. The summed E-state index contributed by atoms with van der Waals surface area (Å²) in [7, 11) is -3.92. The minimum Gasteiger partial charge on any atom is -0.455 e. The molecule has 0 aromatic rings. The first-order chi connectivity index (χ1) is 29.6. The SMILES string of the molecule is C[Si](C)(CCCC(=O)NCCOCCOCCOCCOCCOCCCCN=[N+]=[N-])O[Si](C)(C)CCCC(=O)NCCOCCOCCOCCOCCOCCN=[N+]=[N-]. The van der Waals surface area contributed by atoms with Gasteiger partial charge in [0, 0.05) is 55.5 Å². The first kappa shape index (κ1) is 58.6. The second-order valence-corrected chi connectivity index (χ2v) is 23.6. The molecule has 2 amide bonds. The Hall–Kier alpha value is -2.45. The number of hydrogen-bond acceptors (Lipinski definition) is 15. The number of carbonyl (C=O) groups excluding carboxylic acids is 2. The van der Waals surface area contributed by atoms with E-state index in [1.807, 2.05) is 0 Å². The summed E-state index contributed by atoms with van der Waals surface area (Å²) >= 11 is 0. The van der Waals surface area contributed by atoms with E-state index < -0.39 is 16.6 Å². The maximum atomic E-state index is 12.3. The van der Waals surface area contributed by atoms with Crippen LogP contribution in [0.2, 0.25) is 38.3 Å². The third-order valence-corrected chi connectivity index (χ3v) is 15.8. The Morgan fingerprint density at radius 2 is 0.738 bits per heavy atom. The van der Waals surface area contributed by atoms with E-state index in [1.165, 1.54) is 0 Å². The van der Waals surface area contributed by atoms with E-state index in [4.69, 9.17) is 62.5 Å². The molecule has 61 heavy (non-hydrogen) atoms. The largest absolute Gasteiger partial charge is 0.455 e. The van der Waals surface area contributed by atoms with Gasteiger partial charge < -0.3 is 62.1 Å². The van der Waals surface area contributed by atoms with Gasteiger partial charge in [0.25, 0.3) is 0 Å². The van der Waals surface area contributed by atoms with Gasteiger partial charge in [-0.3, -0.25) is 9.59 Å². The molecule has 0 atom stereocenters. The average molecular weight is 911 g/mol. The number of nitrogens with one attached hydrogen (secondary N) is 2. The Bertz CT molecular complexity index is 1140. The van der Waals surface area contributed by atoms with E-state index in [1.54, 1.807) is 0 Å². The summed E-state index contributed by atoms with van der Waals surface area (Å²) in [6.07, 6.45) is 4.13. The molecule has 0 aliphatic heterocycles. The summed E-state index contributed by atoms with van der Waals surface area (Å²) in [6, 6.07) is 1.80. The van der Waals surface area contributed by atoms with Gasteiger partial charge in [-0.15, -0.1) is 0 Å². The molecule has 0 fully saturated rings. The van der Waals surface area contributed by atoms with Gasteiger partial charge in [-0.2, -0.15) is 0 Å². The van der Waals surface area contributed by atoms with E-state index >= 15 is 0 Å². The molecule has 0 aliphatic carbocycles. The smallest absolute Gasteiger partial charge is 0.220 e. The Kier molecular flexibility index (Phi) is 42.4. The molecule has 2 N–H and O–H groups in total. The Balaban J connectivity index is 3.61. The second kappa shape index (κ2) is 44.2. The van der Waals surface area contributed by atoms with E-state index in [0.717, 1.165) is 37.8 Å². The molecular weight excluding hydrogens is 833 g/mol. The van der Waals surface area contributed by atoms with Gasteiger partial charge in [0.1, 0.15) is 0 Å². The highest BCUT2D eigenvalue weighted by atomic mass is 28.4. The number of rotatable bonds is 48. The molecule has 0 radical (unpaired) electrons. The molecule has 0 rings (SSSR count). The number of unbranched alkanes of at least 4 members (excludes halogenated alkanes) is 1. The zero-order chi connectivity index (χ0) is 44.8. The molecule has 0 aliphatic rings. The Labute approximate surface area is 365 Å². The van der Waals surface area contributed by atoms with E-state index in [-0.39, 0.29) is 11.8 Å². The molecule has 356 valence electrons. The molecule has 0 aromatic carbocycles. The van der Waals surface area contributed by atoms with Crippen molar-refractivity contribution < 1.29 is 61.1 Å². The standard InChI is InChI=1S/C38H78N8O13Si2/c1-60(2,35-7-9-37(47)41-12-16-50-20-24-54-28-32-57-31-27-53-23-19-49-15-6-5-11-43-45-39)59-61(3,4)36-8-10-38(48)42-13-17-51-21-25-55-29-33-58-34-30-56-26-22-52-18-14-44-46-40/h5-36H2,1-4H3,(H,41,47)(H,42,48). The van der Waals surface area contributed by atoms with Crippen LogP contribution in [0.15, 0.2) is 10.2 Å². The van der Waals surface area contributed by atoms with Crippen molar-refractivity contribution in [3.63, 3.8) is 0 Å². The Morgan fingerprint density at radius 1 is 0.426 bits per heavy atom. The Morgan fingerprint density at radius 3 is 1.10 bits per heavy atom. The lowest BCUT2D eigenvalue weighted by atomic mass is 10.3. The van der Waals surface area contributed by atoms with Crippen LogP contribution in [0.25, 0.3) is 20.9 Å². The van der Waals surface area contributed by atoms with Gasteiger partial charge in [-0.1, -0.05) is 10.2 Å². The highest BCUT2D eigenvalue weighted by Crippen LogP contribution is 2.24. The molecule has 0 saturated heterocycles. The van der Waals surface area contributed by atoms with Gasteiger partial charge in [0.15, 0.2) is 16.6 Å². The van der Waals surface area contributed by atoms with Crippen LogP contribution in [0.3, 0.4) is 0 Å². The monoisotopic (exact) mass is 911 g/mol. The molecule has 0 saturated carbocycles. The van der Waals surface area contributed by atoms with Crippen LogP contribution in [0.1, 0.15) is 38.5 Å². The van der Waals surface area contributed by atoms with Gasteiger partial charge in [-0.05, 0) is 75.0 Å². The molecule has 0 spiro atoms. The fraction of sp³-hybridized carbons (Fsp3) is 0.947. The topological polar surface area (TPSA) is 257 Å². The molecule has 0 heterocycles. The zero-order valence-electron chi connectivity index (χ0n) is 37.6. The highest BCUT2D eigenvalue weighted by Gasteiger charge is 2.32. The van der Waals surface area contributed by atoms with Crippen LogP contribution >= 0.6 is 0 Å². The predicted octanol–water partition coefficient (Wildman–Crippen LogP) is 4.77. The molecule has 0 unspecified atom stereocenters. The molecule has 21 nitrogen and oxygen atoms in total. The minimum absolute atomic E-state index is 0.0110. The first-order valence-corrected chi connectivity index (χ1v) is 27.9. The number of nitrogens with zero attached hydrogens (tertiary/aromatic N) is 6. The maximum absolute atomic E-state index is 12.3. The number of hydrogen-bond donors (Lipinski definition) is 2. The van der Waals surface area contributed by atoms with Crippen LogP contribution in [0, 0.1) is 0 Å². The number of amides is 2.